The molecule has 1 aliphatic heterocycles. The van der Waals surface area contributed by atoms with Crippen LogP contribution in [0.25, 0.3) is 5.69 Å². The molecule has 2 aromatic rings. The van der Waals surface area contributed by atoms with E-state index in [1.165, 1.54) is 5.56 Å². The monoisotopic (exact) mass is 327 g/mol. The lowest BCUT2D eigenvalue weighted by molar-refractivity contribution is 0.181. The van der Waals surface area contributed by atoms with Crippen molar-refractivity contribution < 1.29 is 4.74 Å². The first-order chi connectivity index (χ1) is 11.8. The Bertz CT molecular complexity index is 645. The molecular formula is C18H25N5O. The third-order valence-electron chi connectivity index (χ3n) is 4.29. The third kappa shape index (κ3) is 4.14. The van der Waals surface area contributed by atoms with E-state index < -0.39 is 0 Å². The predicted octanol–water partition coefficient (Wildman–Crippen LogP) is 1.92. The summed E-state index contributed by atoms with van der Waals surface area (Å²) < 4.78 is 7.30. The minimum atomic E-state index is 0.599. The summed E-state index contributed by atoms with van der Waals surface area (Å²) in [5, 5.41) is 7.67. The van der Waals surface area contributed by atoms with Gasteiger partial charge in [0, 0.05) is 52.1 Å². The number of ether oxygens (including phenoxy) is 1. The van der Waals surface area contributed by atoms with E-state index in [9.17, 15) is 0 Å². The van der Waals surface area contributed by atoms with Crippen molar-refractivity contribution in [3.05, 3.63) is 48.3 Å². The standard InChI is InChI=1S/C18H25N5O/c1-19-18(22(2)13-16-8-11-24-14-16)20-12-15-4-6-17(7-5-15)23-10-3-9-21-23/h3-7,9-10,16H,8,11-14H2,1-2H3,(H,19,20). The number of aromatic nitrogens is 2. The van der Waals surface area contributed by atoms with Gasteiger partial charge >= 0.3 is 0 Å². The van der Waals surface area contributed by atoms with Crippen LogP contribution < -0.4 is 5.32 Å². The van der Waals surface area contributed by atoms with Gasteiger partial charge in [-0.3, -0.25) is 4.99 Å². The molecule has 3 rings (SSSR count). The molecule has 0 aliphatic carbocycles. The fraction of sp³-hybridized carbons (Fsp3) is 0.444. The van der Waals surface area contributed by atoms with Gasteiger partial charge in [-0.15, -0.1) is 0 Å². The largest absolute Gasteiger partial charge is 0.381 e. The van der Waals surface area contributed by atoms with Gasteiger partial charge in [0.15, 0.2) is 5.96 Å². The van der Waals surface area contributed by atoms with E-state index in [0.29, 0.717) is 5.92 Å². The zero-order valence-corrected chi connectivity index (χ0v) is 14.4. The van der Waals surface area contributed by atoms with E-state index in [4.69, 9.17) is 4.74 Å². The van der Waals surface area contributed by atoms with Crippen molar-refractivity contribution in [3.63, 3.8) is 0 Å². The quantitative estimate of drug-likeness (QED) is 0.673. The van der Waals surface area contributed by atoms with Gasteiger partial charge in [0.1, 0.15) is 0 Å². The number of nitrogens with zero attached hydrogens (tertiary/aromatic N) is 4. The van der Waals surface area contributed by atoms with Crippen LogP contribution in [0.2, 0.25) is 0 Å². The van der Waals surface area contributed by atoms with Crippen molar-refractivity contribution in [2.24, 2.45) is 10.9 Å². The van der Waals surface area contributed by atoms with E-state index in [1.54, 1.807) is 6.20 Å². The Kier molecular flexibility index (Phi) is 5.48. The molecule has 0 radical (unpaired) electrons. The topological polar surface area (TPSA) is 54.7 Å². The third-order valence-corrected chi connectivity index (χ3v) is 4.29. The highest BCUT2D eigenvalue weighted by atomic mass is 16.5. The van der Waals surface area contributed by atoms with Gasteiger partial charge in [-0.1, -0.05) is 12.1 Å². The normalized spacial score (nSPS) is 17.9. The maximum absolute atomic E-state index is 5.45. The Morgan fingerprint density at radius 3 is 2.88 bits per heavy atom. The summed E-state index contributed by atoms with van der Waals surface area (Å²) in [7, 11) is 3.90. The van der Waals surface area contributed by atoms with Gasteiger partial charge in [0.05, 0.1) is 12.3 Å². The molecule has 128 valence electrons. The van der Waals surface area contributed by atoms with Gasteiger partial charge in [0.2, 0.25) is 0 Å². The lowest BCUT2D eigenvalue weighted by atomic mass is 10.1. The summed E-state index contributed by atoms with van der Waals surface area (Å²) in [5.41, 5.74) is 2.27. The van der Waals surface area contributed by atoms with Crippen LogP contribution >= 0.6 is 0 Å². The molecule has 6 nitrogen and oxygen atoms in total. The SMILES string of the molecule is CN=C(NCc1ccc(-n2cccn2)cc1)N(C)CC1CCOC1. The van der Waals surface area contributed by atoms with Gasteiger partial charge in [-0.05, 0) is 30.2 Å². The van der Waals surface area contributed by atoms with Gasteiger partial charge in [0.25, 0.3) is 0 Å². The first-order valence-electron chi connectivity index (χ1n) is 8.35. The van der Waals surface area contributed by atoms with Crippen LogP contribution in [0.1, 0.15) is 12.0 Å². The Hall–Kier alpha value is -2.34. The fourth-order valence-corrected chi connectivity index (χ4v) is 2.96. The highest BCUT2D eigenvalue weighted by Crippen LogP contribution is 2.13. The van der Waals surface area contributed by atoms with Gasteiger partial charge in [-0.2, -0.15) is 5.10 Å². The first-order valence-corrected chi connectivity index (χ1v) is 8.35. The molecule has 0 spiro atoms. The van der Waals surface area contributed by atoms with Crippen molar-refractivity contribution in [1.29, 1.82) is 0 Å². The summed E-state index contributed by atoms with van der Waals surface area (Å²) in [4.78, 5) is 6.56. The molecule has 1 N–H and O–H groups in total. The maximum atomic E-state index is 5.45. The molecule has 6 heteroatoms. The zero-order valence-electron chi connectivity index (χ0n) is 14.4. The molecule has 1 fully saturated rings. The first kappa shape index (κ1) is 16.5. The molecule has 0 saturated carbocycles. The Morgan fingerprint density at radius 2 is 2.25 bits per heavy atom. The van der Waals surface area contributed by atoms with Crippen LogP contribution in [0.4, 0.5) is 0 Å². The Morgan fingerprint density at radius 1 is 1.42 bits per heavy atom. The van der Waals surface area contributed by atoms with Crippen LogP contribution in [0.15, 0.2) is 47.7 Å². The molecule has 1 aliphatic rings. The molecule has 1 atom stereocenters. The molecule has 1 saturated heterocycles. The maximum Gasteiger partial charge on any atom is 0.193 e. The zero-order chi connectivity index (χ0) is 16.8. The number of nitrogens with one attached hydrogen (secondary N) is 1. The highest BCUT2D eigenvalue weighted by molar-refractivity contribution is 5.79. The van der Waals surface area contributed by atoms with Crippen LogP contribution in [0, 0.1) is 5.92 Å². The van der Waals surface area contributed by atoms with Crippen molar-refractivity contribution >= 4 is 5.96 Å². The minimum absolute atomic E-state index is 0.599. The second-order valence-electron chi connectivity index (χ2n) is 6.13. The summed E-state index contributed by atoms with van der Waals surface area (Å²) in [5.74, 6) is 1.51. The van der Waals surface area contributed by atoms with E-state index >= 15 is 0 Å². The van der Waals surface area contributed by atoms with E-state index in [0.717, 1.165) is 44.4 Å². The summed E-state index contributed by atoms with van der Waals surface area (Å²) in [6, 6.07) is 10.3. The fourth-order valence-electron chi connectivity index (χ4n) is 2.96. The summed E-state index contributed by atoms with van der Waals surface area (Å²) >= 11 is 0. The number of aliphatic imine (C=N–C) groups is 1. The number of rotatable bonds is 5. The van der Waals surface area contributed by atoms with Crippen LogP contribution in [0.5, 0.6) is 0 Å². The van der Waals surface area contributed by atoms with Crippen LogP contribution in [-0.2, 0) is 11.3 Å². The molecule has 2 heterocycles. The molecule has 1 unspecified atom stereocenters. The average Bonchev–Trinajstić information content (AvgIpc) is 3.29. The minimum Gasteiger partial charge on any atom is -0.381 e. The van der Waals surface area contributed by atoms with Crippen molar-refractivity contribution in [3.8, 4) is 5.69 Å². The number of hydrogen-bond donors (Lipinski definition) is 1. The van der Waals surface area contributed by atoms with E-state index in [2.05, 4.69) is 51.6 Å². The van der Waals surface area contributed by atoms with Crippen molar-refractivity contribution in [2.75, 3.05) is 33.9 Å². The number of guanidine groups is 1. The lowest BCUT2D eigenvalue weighted by Crippen LogP contribution is -2.41. The van der Waals surface area contributed by atoms with E-state index in [1.807, 2.05) is 24.0 Å². The van der Waals surface area contributed by atoms with Crippen LogP contribution in [0.3, 0.4) is 0 Å². The molecule has 1 aromatic carbocycles. The summed E-state index contributed by atoms with van der Waals surface area (Å²) in [6.07, 6.45) is 4.86. The average molecular weight is 327 g/mol. The van der Waals surface area contributed by atoms with Crippen molar-refractivity contribution in [1.82, 2.24) is 20.0 Å². The molecule has 1 aromatic heterocycles. The smallest absolute Gasteiger partial charge is 0.193 e. The second kappa shape index (κ2) is 7.97. The molecule has 24 heavy (non-hydrogen) atoms. The molecular weight excluding hydrogens is 302 g/mol. The lowest BCUT2D eigenvalue weighted by Gasteiger charge is -2.24. The summed E-state index contributed by atoms with van der Waals surface area (Å²) in [6.45, 7) is 3.46. The molecule has 0 amide bonds. The number of hydrogen-bond acceptors (Lipinski definition) is 3. The van der Waals surface area contributed by atoms with Crippen molar-refractivity contribution in [2.45, 2.75) is 13.0 Å². The Labute approximate surface area is 143 Å². The molecule has 0 bridgehead atoms. The highest BCUT2D eigenvalue weighted by Gasteiger charge is 2.18. The van der Waals surface area contributed by atoms with Crippen LogP contribution in [-0.4, -0.2) is 54.5 Å². The van der Waals surface area contributed by atoms with Gasteiger partial charge < -0.3 is 15.0 Å². The second-order valence-corrected chi connectivity index (χ2v) is 6.13. The Balaban J connectivity index is 1.53. The van der Waals surface area contributed by atoms with Gasteiger partial charge in [-0.25, -0.2) is 4.68 Å². The number of benzene rings is 1. The van der Waals surface area contributed by atoms with E-state index in [-0.39, 0.29) is 0 Å². The predicted molar refractivity (Wildman–Crippen MR) is 95.3 cm³/mol.